The third kappa shape index (κ3) is 3.26. The first kappa shape index (κ1) is 13.9. The van der Waals surface area contributed by atoms with Gasteiger partial charge >= 0.3 is 6.09 Å². The summed E-state index contributed by atoms with van der Waals surface area (Å²) in [6.07, 6.45) is 0.361. The fourth-order valence-electron chi connectivity index (χ4n) is 2.26. The minimum Gasteiger partial charge on any atom is -0.449 e. The monoisotopic (exact) mass is 263 g/mol. The Bertz CT molecular complexity index is 428. The Hall–Kier alpha value is -1.55. The van der Waals surface area contributed by atoms with Crippen molar-refractivity contribution in [1.29, 1.82) is 0 Å². The van der Waals surface area contributed by atoms with Crippen molar-refractivity contribution in [2.75, 3.05) is 24.7 Å². The molecule has 2 rings (SSSR count). The van der Waals surface area contributed by atoms with Crippen LogP contribution < -0.4 is 4.90 Å². The Morgan fingerprint density at radius 1 is 1.37 bits per heavy atom. The molecule has 1 saturated heterocycles. The van der Waals surface area contributed by atoms with E-state index in [1.54, 1.807) is 4.90 Å². The first-order valence-electron chi connectivity index (χ1n) is 6.77. The highest BCUT2D eigenvalue weighted by molar-refractivity contribution is 5.88. The number of amides is 1. The number of carbonyl (C=O) groups is 1. The number of hydrogen-bond acceptors (Lipinski definition) is 3. The third-order valence-electron chi connectivity index (χ3n) is 3.51. The number of benzene rings is 1. The molecule has 4 heteroatoms. The van der Waals surface area contributed by atoms with E-state index in [9.17, 15) is 4.79 Å². The van der Waals surface area contributed by atoms with Crippen LogP contribution in [-0.4, -0.2) is 31.0 Å². The standard InChI is InChI=1S/C15H21NO3/c1-11(2)13-3-5-14(6-4-13)16-9-12(7-8-17)10-19-15(16)18/h3-6,11-12,17H,7-10H2,1-2H3. The summed E-state index contributed by atoms with van der Waals surface area (Å²) in [7, 11) is 0. The lowest BCUT2D eigenvalue weighted by molar-refractivity contribution is 0.104. The van der Waals surface area contributed by atoms with E-state index in [0.717, 1.165) is 5.69 Å². The van der Waals surface area contributed by atoms with Crippen molar-refractivity contribution in [3.05, 3.63) is 29.8 Å². The number of carbonyl (C=O) groups excluding carboxylic acids is 1. The maximum Gasteiger partial charge on any atom is 0.414 e. The number of nitrogens with zero attached hydrogens (tertiary/aromatic N) is 1. The third-order valence-corrected chi connectivity index (χ3v) is 3.51. The van der Waals surface area contributed by atoms with Crippen LogP contribution in [0, 0.1) is 5.92 Å². The predicted molar refractivity (Wildman–Crippen MR) is 74.4 cm³/mol. The van der Waals surface area contributed by atoms with Gasteiger partial charge in [0.05, 0.1) is 6.61 Å². The fourth-order valence-corrected chi connectivity index (χ4v) is 2.26. The molecule has 1 heterocycles. The molecule has 1 amide bonds. The summed E-state index contributed by atoms with van der Waals surface area (Å²) in [4.78, 5) is 13.5. The van der Waals surface area contributed by atoms with E-state index < -0.39 is 0 Å². The van der Waals surface area contributed by atoms with Gasteiger partial charge in [-0.05, 0) is 30.0 Å². The zero-order chi connectivity index (χ0) is 13.8. The molecule has 0 saturated carbocycles. The van der Waals surface area contributed by atoms with E-state index in [1.807, 2.05) is 24.3 Å². The molecule has 1 unspecified atom stereocenters. The second-order valence-corrected chi connectivity index (χ2v) is 5.31. The van der Waals surface area contributed by atoms with E-state index in [0.29, 0.717) is 25.5 Å². The zero-order valence-corrected chi connectivity index (χ0v) is 11.5. The van der Waals surface area contributed by atoms with Crippen molar-refractivity contribution in [3.8, 4) is 0 Å². The highest BCUT2D eigenvalue weighted by Crippen LogP contribution is 2.24. The van der Waals surface area contributed by atoms with Crippen molar-refractivity contribution < 1.29 is 14.6 Å². The van der Waals surface area contributed by atoms with Crippen LogP contribution in [0.15, 0.2) is 24.3 Å². The van der Waals surface area contributed by atoms with Gasteiger partial charge in [0.25, 0.3) is 0 Å². The minimum atomic E-state index is -0.300. The lowest BCUT2D eigenvalue weighted by Crippen LogP contribution is -2.43. The number of rotatable bonds is 4. The molecule has 0 radical (unpaired) electrons. The van der Waals surface area contributed by atoms with Crippen molar-refractivity contribution in [2.24, 2.45) is 5.92 Å². The smallest absolute Gasteiger partial charge is 0.414 e. The summed E-state index contributed by atoms with van der Waals surface area (Å²) in [5.74, 6) is 0.678. The average Bonchev–Trinajstić information content (AvgIpc) is 2.41. The van der Waals surface area contributed by atoms with E-state index >= 15 is 0 Å². The van der Waals surface area contributed by atoms with Gasteiger partial charge in [0.2, 0.25) is 0 Å². The molecular weight excluding hydrogens is 242 g/mol. The molecule has 1 fully saturated rings. The number of aliphatic hydroxyl groups is 1. The van der Waals surface area contributed by atoms with Crippen LogP contribution in [0.2, 0.25) is 0 Å². The summed E-state index contributed by atoms with van der Waals surface area (Å²) < 4.78 is 5.16. The molecule has 1 aromatic rings. The minimum absolute atomic E-state index is 0.127. The van der Waals surface area contributed by atoms with Crippen molar-refractivity contribution in [2.45, 2.75) is 26.2 Å². The van der Waals surface area contributed by atoms with E-state index in [-0.39, 0.29) is 18.6 Å². The Morgan fingerprint density at radius 3 is 2.63 bits per heavy atom. The molecule has 1 atom stereocenters. The summed E-state index contributed by atoms with van der Waals surface area (Å²) in [5, 5.41) is 8.98. The SMILES string of the molecule is CC(C)c1ccc(N2CC(CCO)COC2=O)cc1. The molecular formula is C15H21NO3. The van der Waals surface area contributed by atoms with Gasteiger partial charge in [0.15, 0.2) is 0 Å². The molecule has 0 aliphatic carbocycles. The molecule has 1 N–H and O–H groups in total. The van der Waals surface area contributed by atoms with Crippen LogP contribution in [0.4, 0.5) is 10.5 Å². The second kappa shape index (κ2) is 6.06. The van der Waals surface area contributed by atoms with Crippen LogP contribution >= 0.6 is 0 Å². The molecule has 1 aromatic carbocycles. The Labute approximate surface area is 114 Å². The Balaban J connectivity index is 2.12. The van der Waals surface area contributed by atoms with Crippen LogP contribution in [0.1, 0.15) is 31.7 Å². The van der Waals surface area contributed by atoms with Gasteiger partial charge < -0.3 is 9.84 Å². The maximum absolute atomic E-state index is 11.8. The highest BCUT2D eigenvalue weighted by Gasteiger charge is 2.27. The van der Waals surface area contributed by atoms with E-state index in [1.165, 1.54) is 5.56 Å². The van der Waals surface area contributed by atoms with Crippen molar-refractivity contribution in [1.82, 2.24) is 0 Å². The van der Waals surface area contributed by atoms with Gasteiger partial charge in [-0.2, -0.15) is 0 Å². The largest absolute Gasteiger partial charge is 0.449 e. The molecule has 104 valence electrons. The van der Waals surface area contributed by atoms with E-state index in [4.69, 9.17) is 9.84 Å². The number of anilines is 1. The molecule has 19 heavy (non-hydrogen) atoms. The average molecular weight is 263 g/mol. The van der Waals surface area contributed by atoms with Gasteiger partial charge in [0.1, 0.15) is 0 Å². The number of cyclic esters (lactones) is 1. The summed E-state index contributed by atoms with van der Waals surface area (Å²) in [6.45, 7) is 5.42. The fraction of sp³-hybridized carbons (Fsp3) is 0.533. The zero-order valence-electron chi connectivity index (χ0n) is 11.5. The van der Waals surface area contributed by atoms with Crippen LogP contribution in [0.5, 0.6) is 0 Å². The maximum atomic E-state index is 11.8. The lowest BCUT2D eigenvalue weighted by atomic mass is 10.0. The van der Waals surface area contributed by atoms with Crippen molar-refractivity contribution >= 4 is 11.8 Å². The first-order valence-corrected chi connectivity index (χ1v) is 6.77. The van der Waals surface area contributed by atoms with Gasteiger partial charge in [-0.1, -0.05) is 26.0 Å². The van der Waals surface area contributed by atoms with Gasteiger partial charge in [-0.25, -0.2) is 4.79 Å². The van der Waals surface area contributed by atoms with E-state index in [2.05, 4.69) is 13.8 Å². The first-order chi connectivity index (χ1) is 9.11. The highest BCUT2D eigenvalue weighted by atomic mass is 16.6. The lowest BCUT2D eigenvalue weighted by Gasteiger charge is -2.32. The Kier molecular flexibility index (Phi) is 4.43. The topological polar surface area (TPSA) is 49.8 Å². The van der Waals surface area contributed by atoms with Gasteiger partial charge in [-0.3, -0.25) is 4.90 Å². The van der Waals surface area contributed by atoms with Crippen molar-refractivity contribution in [3.63, 3.8) is 0 Å². The molecule has 0 spiro atoms. The van der Waals surface area contributed by atoms with Gasteiger partial charge in [-0.15, -0.1) is 0 Å². The summed E-state index contributed by atoms with van der Waals surface area (Å²) in [5.41, 5.74) is 2.11. The molecule has 0 bridgehead atoms. The quantitative estimate of drug-likeness (QED) is 0.908. The molecule has 1 aliphatic rings. The number of ether oxygens (including phenoxy) is 1. The summed E-state index contributed by atoms with van der Waals surface area (Å²) >= 11 is 0. The number of hydrogen-bond donors (Lipinski definition) is 1. The van der Waals surface area contributed by atoms with Crippen LogP contribution in [-0.2, 0) is 4.74 Å². The Morgan fingerprint density at radius 2 is 2.05 bits per heavy atom. The second-order valence-electron chi connectivity index (χ2n) is 5.31. The molecule has 1 aliphatic heterocycles. The molecule has 0 aromatic heterocycles. The molecule has 4 nitrogen and oxygen atoms in total. The summed E-state index contributed by atoms with van der Waals surface area (Å²) in [6, 6.07) is 8.00. The number of aliphatic hydroxyl groups excluding tert-OH is 1. The van der Waals surface area contributed by atoms with Gasteiger partial charge in [0, 0.05) is 24.8 Å². The van der Waals surface area contributed by atoms with Crippen LogP contribution in [0.25, 0.3) is 0 Å². The predicted octanol–water partition coefficient (Wildman–Crippen LogP) is 2.77. The van der Waals surface area contributed by atoms with Crippen LogP contribution in [0.3, 0.4) is 0 Å². The normalized spacial score (nSPS) is 19.7.